The third kappa shape index (κ3) is 4.17. The number of pyridine rings is 1. The molecule has 4 rings (SSSR count). The molecule has 0 radical (unpaired) electrons. The Labute approximate surface area is 174 Å². The van der Waals surface area contributed by atoms with Crippen molar-refractivity contribution < 1.29 is 13.9 Å². The molecular formula is C22H23ClFN3O2. The van der Waals surface area contributed by atoms with Crippen molar-refractivity contribution in [1.82, 2.24) is 15.0 Å². The number of carbonyl (C=O) groups excluding carboxylic acids is 1. The highest BCUT2D eigenvalue weighted by Crippen LogP contribution is 2.35. The molecule has 1 fully saturated rings. The lowest BCUT2D eigenvalue weighted by Gasteiger charge is -2.29. The Kier molecular flexibility index (Phi) is 5.90. The Bertz CT molecular complexity index is 963. The van der Waals surface area contributed by atoms with Crippen molar-refractivity contribution in [2.75, 3.05) is 6.61 Å². The topological polar surface area (TPSA) is 65.0 Å². The molecule has 2 atom stereocenters. The van der Waals surface area contributed by atoms with Crippen molar-refractivity contribution in [1.29, 1.82) is 0 Å². The number of fused-ring (bicyclic) bond motifs is 1. The molecule has 0 saturated heterocycles. The number of nitrogens with zero attached hydrogens (tertiary/aromatic N) is 3. The second-order valence-electron chi connectivity index (χ2n) is 7.57. The fourth-order valence-corrected chi connectivity index (χ4v) is 4.48. The van der Waals surface area contributed by atoms with Crippen molar-refractivity contribution in [3.05, 3.63) is 58.2 Å². The first-order chi connectivity index (χ1) is 14.1. The third-order valence-electron chi connectivity index (χ3n) is 5.74. The van der Waals surface area contributed by atoms with E-state index < -0.39 is 5.82 Å². The summed E-state index contributed by atoms with van der Waals surface area (Å²) in [4.78, 5) is 25.5. The Morgan fingerprint density at radius 3 is 2.93 bits per heavy atom. The van der Waals surface area contributed by atoms with E-state index in [1.807, 2.05) is 12.1 Å². The fraction of sp³-hybridized carbons (Fsp3) is 0.455. The van der Waals surface area contributed by atoms with Crippen LogP contribution in [0.1, 0.15) is 55.4 Å². The fourth-order valence-electron chi connectivity index (χ4n) is 4.32. The van der Waals surface area contributed by atoms with E-state index in [4.69, 9.17) is 16.3 Å². The van der Waals surface area contributed by atoms with Crippen LogP contribution < -0.4 is 0 Å². The van der Waals surface area contributed by atoms with E-state index in [0.717, 1.165) is 42.5 Å². The lowest BCUT2D eigenvalue weighted by Crippen LogP contribution is -2.30. The minimum absolute atomic E-state index is 0.0287. The van der Waals surface area contributed by atoms with Gasteiger partial charge in [0.25, 0.3) is 0 Å². The van der Waals surface area contributed by atoms with Gasteiger partial charge in [-0.15, -0.1) is 0 Å². The molecule has 7 heteroatoms. The highest BCUT2D eigenvalue weighted by atomic mass is 35.5. The molecule has 0 spiro atoms. The van der Waals surface area contributed by atoms with Gasteiger partial charge in [-0.2, -0.15) is 0 Å². The number of ether oxygens (including phenoxy) is 1. The van der Waals surface area contributed by atoms with Gasteiger partial charge in [0.15, 0.2) is 11.6 Å². The maximum absolute atomic E-state index is 14.6. The summed E-state index contributed by atoms with van der Waals surface area (Å²) in [5.41, 5.74) is 2.97. The summed E-state index contributed by atoms with van der Waals surface area (Å²) in [6.07, 6.45) is 9.58. The van der Waals surface area contributed by atoms with Gasteiger partial charge in [0.05, 0.1) is 35.1 Å². The van der Waals surface area contributed by atoms with Gasteiger partial charge in [-0.05, 0) is 38.2 Å². The minimum Gasteiger partial charge on any atom is -0.466 e. The Hall–Kier alpha value is -2.34. The van der Waals surface area contributed by atoms with Crippen molar-refractivity contribution in [2.24, 2.45) is 11.8 Å². The SMILES string of the molecule is CCOC(=O)[C@@H]1CCCC[C@H]1Cc1nc(C2=CCc3ncc(Cl)cc32)ncc1F. The summed E-state index contributed by atoms with van der Waals surface area (Å²) < 4.78 is 19.8. The highest BCUT2D eigenvalue weighted by molar-refractivity contribution is 6.30. The first-order valence-corrected chi connectivity index (χ1v) is 10.5. The lowest BCUT2D eigenvalue weighted by molar-refractivity contribution is -0.151. The predicted molar refractivity (Wildman–Crippen MR) is 108 cm³/mol. The molecule has 0 aliphatic heterocycles. The summed E-state index contributed by atoms with van der Waals surface area (Å²) in [6.45, 7) is 2.17. The zero-order valence-electron chi connectivity index (χ0n) is 16.3. The zero-order chi connectivity index (χ0) is 20.4. The first-order valence-electron chi connectivity index (χ1n) is 10.1. The number of hydrogen-bond donors (Lipinski definition) is 0. The molecule has 0 amide bonds. The van der Waals surface area contributed by atoms with Crippen molar-refractivity contribution in [2.45, 2.75) is 45.4 Å². The third-order valence-corrected chi connectivity index (χ3v) is 5.94. The molecular weight excluding hydrogens is 393 g/mol. The van der Waals surface area contributed by atoms with Crippen molar-refractivity contribution >= 4 is 23.1 Å². The molecule has 0 bridgehead atoms. The normalized spacial score (nSPS) is 20.9. The quantitative estimate of drug-likeness (QED) is 0.669. The molecule has 0 unspecified atom stereocenters. The number of esters is 1. The number of allylic oxidation sites excluding steroid dienone is 1. The summed E-state index contributed by atoms with van der Waals surface area (Å²) in [6, 6.07) is 1.84. The number of hydrogen-bond acceptors (Lipinski definition) is 5. The van der Waals surface area contributed by atoms with E-state index in [9.17, 15) is 9.18 Å². The monoisotopic (exact) mass is 415 g/mol. The Morgan fingerprint density at radius 1 is 1.28 bits per heavy atom. The predicted octanol–water partition coefficient (Wildman–Crippen LogP) is 4.56. The van der Waals surface area contributed by atoms with E-state index in [-0.39, 0.29) is 17.8 Å². The standard InChI is InChI=1S/C22H23ClFN3O2/c1-2-29-22(28)15-6-4-3-5-13(15)9-20-18(24)12-26-21(27-20)16-7-8-19-17(16)10-14(23)11-25-19/h7,10-13,15H,2-6,8-9H2,1H3/t13-,15+/m0/s1. The second kappa shape index (κ2) is 8.57. The van der Waals surface area contributed by atoms with Crippen LogP contribution in [0.15, 0.2) is 24.5 Å². The van der Waals surface area contributed by atoms with Gasteiger partial charge >= 0.3 is 5.97 Å². The highest BCUT2D eigenvalue weighted by Gasteiger charge is 2.33. The smallest absolute Gasteiger partial charge is 0.309 e. The number of aromatic nitrogens is 3. The molecule has 1 saturated carbocycles. The van der Waals surface area contributed by atoms with Gasteiger partial charge in [0.2, 0.25) is 0 Å². The van der Waals surface area contributed by atoms with Crippen molar-refractivity contribution in [3.63, 3.8) is 0 Å². The summed E-state index contributed by atoms with van der Waals surface area (Å²) in [5.74, 6) is -0.324. The van der Waals surface area contributed by atoms with Gasteiger partial charge in [0.1, 0.15) is 0 Å². The van der Waals surface area contributed by atoms with Crippen LogP contribution in [0.5, 0.6) is 0 Å². The summed E-state index contributed by atoms with van der Waals surface area (Å²) in [7, 11) is 0. The van der Waals surface area contributed by atoms with Crippen LogP contribution in [0.25, 0.3) is 5.57 Å². The van der Waals surface area contributed by atoms with E-state index in [1.165, 1.54) is 6.20 Å². The Balaban J connectivity index is 1.60. The van der Waals surface area contributed by atoms with E-state index in [2.05, 4.69) is 15.0 Å². The molecule has 2 aliphatic carbocycles. The van der Waals surface area contributed by atoms with Crippen molar-refractivity contribution in [3.8, 4) is 0 Å². The van der Waals surface area contributed by atoms with E-state index in [0.29, 0.717) is 36.0 Å². The summed E-state index contributed by atoms with van der Waals surface area (Å²) >= 11 is 6.10. The lowest BCUT2D eigenvalue weighted by atomic mass is 9.77. The van der Waals surface area contributed by atoms with Crippen LogP contribution in [0.4, 0.5) is 4.39 Å². The average Bonchev–Trinajstić information content (AvgIpc) is 3.13. The average molecular weight is 416 g/mol. The summed E-state index contributed by atoms with van der Waals surface area (Å²) in [5, 5.41) is 0.540. The zero-order valence-corrected chi connectivity index (χ0v) is 17.1. The second-order valence-corrected chi connectivity index (χ2v) is 8.00. The maximum atomic E-state index is 14.6. The van der Waals surface area contributed by atoms with Gasteiger partial charge < -0.3 is 4.74 Å². The number of rotatable bonds is 5. The molecule has 2 aliphatic rings. The van der Waals surface area contributed by atoms with Gasteiger partial charge in [0, 0.05) is 23.8 Å². The number of carbonyl (C=O) groups is 1. The first kappa shape index (κ1) is 20.0. The van der Waals surface area contributed by atoms with Crippen LogP contribution in [-0.2, 0) is 22.4 Å². The van der Waals surface area contributed by atoms with Gasteiger partial charge in [-0.1, -0.05) is 30.5 Å². The van der Waals surface area contributed by atoms with Crippen LogP contribution >= 0.6 is 11.6 Å². The Morgan fingerprint density at radius 2 is 2.10 bits per heavy atom. The molecule has 2 aromatic heterocycles. The van der Waals surface area contributed by atoms with Gasteiger partial charge in [-0.25, -0.2) is 14.4 Å². The molecule has 29 heavy (non-hydrogen) atoms. The molecule has 0 N–H and O–H groups in total. The van der Waals surface area contributed by atoms with E-state index >= 15 is 0 Å². The molecule has 2 heterocycles. The van der Waals surface area contributed by atoms with Gasteiger partial charge in [-0.3, -0.25) is 9.78 Å². The minimum atomic E-state index is -0.440. The van der Waals surface area contributed by atoms with Crippen LogP contribution in [0.3, 0.4) is 0 Å². The van der Waals surface area contributed by atoms with Crippen LogP contribution in [0.2, 0.25) is 5.02 Å². The van der Waals surface area contributed by atoms with Crippen LogP contribution in [0, 0.1) is 17.7 Å². The largest absolute Gasteiger partial charge is 0.466 e. The molecule has 0 aromatic carbocycles. The number of halogens is 2. The molecule has 5 nitrogen and oxygen atoms in total. The molecule has 152 valence electrons. The molecule has 2 aromatic rings. The van der Waals surface area contributed by atoms with Crippen LogP contribution in [-0.4, -0.2) is 27.5 Å². The van der Waals surface area contributed by atoms with E-state index in [1.54, 1.807) is 13.1 Å². The maximum Gasteiger partial charge on any atom is 0.309 e.